The number of hydrazone groups is 1. The average Bonchev–Trinajstić information content (AvgIpc) is 3.07. The van der Waals surface area contributed by atoms with Gasteiger partial charge in [0.05, 0.1) is 11.8 Å². The van der Waals surface area contributed by atoms with Crippen LogP contribution in [0.1, 0.15) is 30.0 Å². The van der Waals surface area contributed by atoms with E-state index in [1.54, 1.807) is 25.3 Å². The zero-order valence-electron chi connectivity index (χ0n) is 14.5. The fourth-order valence-electron chi connectivity index (χ4n) is 2.96. The van der Waals surface area contributed by atoms with Crippen molar-refractivity contribution in [3.8, 4) is 5.88 Å². The minimum Gasteiger partial charge on any atom is -0.494 e. The van der Waals surface area contributed by atoms with Gasteiger partial charge in [0.25, 0.3) is 5.56 Å². The summed E-state index contributed by atoms with van der Waals surface area (Å²) in [4.78, 5) is 26.5. The lowest BCUT2D eigenvalue weighted by Gasteiger charge is -2.13. The summed E-state index contributed by atoms with van der Waals surface area (Å²) >= 11 is 12.2. The molecule has 0 amide bonds. The standard InChI is InChI=1S/C17H18Cl2N4O4/c1-27-6-2-5-23-16(25)14(15(24)20-17(23)26)13-8-12(21-22-13)10-4-3-9(18)7-11(10)19/h3-4,7,12,21,25H,2,5-6,8H2,1H3,(H,20,24,26)/t12-/m1/s1. The number of H-pyrrole nitrogens is 1. The van der Waals surface area contributed by atoms with Crippen LogP contribution in [0.15, 0.2) is 32.9 Å². The van der Waals surface area contributed by atoms with Gasteiger partial charge in [0, 0.05) is 36.7 Å². The molecule has 0 aliphatic carbocycles. The first-order valence-corrected chi connectivity index (χ1v) is 9.00. The van der Waals surface area contributed by atoms with Crippen molar-refractivity contribution in [1.82, 2.24) is 15.0 Å². The van der Waals surface area contributed by atoms with Gasteiger partial charge in [-0.25, -0.2) is 4.79 Å². The van der Waals surface area contributed by atoms with Crippen LogP contribution in [0.5, 0.6) is 5.88 Å². The molecule has 1 atom stereocenters. The fraction of sp³-hybridized carbons (Fsp3) is 0.353. The van der Waals surface area contributed by atoms with Crippen LogP contribution in [0.4, 0.5) is 0 Å². The van der Waals surface area contributed by atoms with Crippen LogP contribution in [0.2, 0.25) is 10.0 Å². The molecule has 0 saturated carbocycles. The predicted octanol–water partition coefficient (Wildman–Crippen LogP) is 2.02. The van der Waals surface area contributed by atoms with Crippen LogP contribution < -0.4 is 16.7 Å². The maximum absolute atomic E-state index is 12.3. The Morgan fingerprint density at radius 3 is 2.85 bits per heavy atom. The normalized spacial score (nSPS) is 16.3. The van der Waals surface area contributed by atoms with Crippen molar-refractivity contribution in [1.29, 1.82) is 0 Å². The Balaban J connectivity index is 1.90. The first-order valence-electron chi connectivity index (χ1n) is 8.24. The SMILES string of the molecule is COCCCn1c(O)c(C2=NN[C@@H](c3ccc(Cl)cc3Cl)C2)c(=O)[nH]c1=O. The third-order valence-electron chi connectivity index (χ3n) is 4.28. The van der Waals surface area contributed by atoms with Gasteiger partial charge in [-0.2, -0.15) is 5.10 Å². The van der Waals surface area contributed by atoms with E-state index in [1.807, 2.05) is 0 Å². The Morgan fingerprint density at radius 2 is 2.15 bits per heavy atom. The van der Waals surface area contributed by atoms with E-state index in [9.17, 15) is 14.7 Å². The van der Waals surface area contributed by atoms with Crippen LogP contribution in [0.3, 0.4) is 0 Å². The third-order valence-corrected chi connectivity index (χ3v) is 4.84. The lowest BCUT2D eigenvalue weighted by atomic mass is 10.00. The molecule has 8 nitrogen and oxygen atoms in total. The van der Waals surface area contributed by atoms with Gasteiger partial charge in [0.2, 0.25) is 5.88 Å². The molecule has 0 radical (unpaired) electrons. The molecule has 144 valence electrons. The van der Waals surface area contributed by atoms with Crippen LogP contribution in [-0.2, 0) is 11.3 Å². The number of halogens is 2. The van der Waals surface area contributed by atoms with Gasteiger partial charge in [-0.3, -0.25) is 14.3 Å². The lowest BCUT2D eigenvalue weighted by Crippen LogP contribution is -2.34. The first-order chi connectivity index (χ1) is 12.9. The number of aromatic nitrogens is 2. The highest BCUT2D eigenvalue weighted by Gasteiger charge is 2.28. The number of nitrogens with zero attached hydrogens (tertiary/aromatic N) is 2. The Morgan fingerprint density at radius 1 is 1.37 bits per heavy atom. The molecule has 2 aromatic rings. The molecular formula is C17H18Cl2N4O4. The molecule has 10 heteroatoms. The number of nitrogens with one attached hydrogen (secondary N) is 2. The van der Waals surface area contributed by atoms with Crippen LogP contribution in [-0.4, -0.2) is 34.1 Å². The van der Waals surface area contributed by atoms with E-state index in [0.717, 1.165) is 10.1 Å². The number of aromatic hydroxyl groups is 1. The van der Waals surface area contributed by atoms with Crippen molar-refractivity contribution >= 4 is 28.9 Å². The molecule has 1 aromatic heterocycles. The molecular weight excluding hydrogens is 395 g/mol. The van der Waals surface area contributed by atoms with E-state index in [2.05, 4.69) is 15.5 Å². The number of hydrogen-bond donors (Lipinski definition) is 3. The fourth-order valence-corrected chi connectivity index (χ4v) is 3.50. The Kier molecular flexibility index (Phi) is 5.88. The van der Waals surface area contributed by atoms with Crippen molar-refractivity contribution in [2.24, 2.45) is 5.10 Å². The highest BCUT2D eigenvalue weighted by Crippen LogP contribution is 2.32. The summed E-state index contributed by atoms with van der Waals surface area (Å²) in [6, 6.07) is 4.83. The molecule has 3 rings (SSSR count). The maximum Gasteiger partial charge on any atom is 0.331 e. The summed E-state index contributed by atoms with van der Waals surface area (Å²) in [5.41, 5.74) is 2.61. The second kappa shape index (κ2) is 8.16. The van der Waals surface area contributed by atoms with E-state index < -0.39 is 17.1 Å². The molecule has 27 heavy (non-hydrogen) atoms. The van der Waals surface area contributed by atoms with Crippen LogP contribution >= 0.6 is 23.2 Å². The zero-order valence-corrected chi connectivity index (χ0v) is 16.0. The van der Waals surface area contributed by atoms with E-state index in [0.29, 0.717) is 35.2 Å². The van der Waals surface area contributed by atoms with Gasteiger partial charge in [-0.15, -0.1) is 0 Å². The highest BCUT2D eigenvalue weighted by atomic mass is 35.5. The first kappa shape index (κ1) is 19.5. The summed E-state index contributed by atoms with van der Waals surface area (Å²) in [5.74, 6) is -0.414. The van der Waals surface area contributed by atoms with Crippen molar-refractivity contribution in [3.05, 3.63) is 60.2 Å². The molecule has 0 unspecified atom stereocenters. The maximum atomic E-state index is 12.3. The summed E-state index contributed by atoms with van der Waals surface area (Å²) in [6.07, 6.45) is 0.817. The summed E-state index contributed by atoms with van der Waals surface area (Å²) < 4.78 is 6.05. The highest BCUT2D eigenvalue weighted by molar-refractivity contribution is 6.35. The average molecular weight is 413 g/mol. The van der Waals surface area contributed by atoms with Crippen molar-refractivity contribution in [2.75, 3.05) is 13.7 Å². The van der Waals surface area contributed by atoms with Gasteiger partial charge in [-0.05, 0) is 24.1 Å². The van der Waals surface area contributed by atoms with E-state index in [1.165, 1.54) is 0 Å². The van der Waals surface area contributed by atoms with E-state index >= 15 is 0 Å². The van der Waals surface area contributed by atoms with E-state index in [4.69, 9.17) is 27.9 Å². The van der Waals surface area contributed by atoms with Crippen molar-refractivity contribution in [2.45, 2.75) is 25.4 Å². The van der Waals surface area contributed by atoms with Gasteiger partial charge in [0.15, 0.2) is 0 Å². The van der Waals surface area contributed by atoms with Crippen LogP contribution in [0.25, 0.3) is 0 Å². The number of rotatable bonds is 6. The molecule has 2 heterocycles. The minimum atomic E-state index is -0.691. The smallest absolute Gasteiger partial charge is 0.331 e. The quantitative estimate of drug-likeness (QED) is 0.628. The van der Waals surface area contributed by atoms with Gasteiger partial charge >= 0.3 is 5.69 Å². The van der Waals surface area contributed by atoms with Crippen molar-refractivity contribution in [3.63, 3.8) is 0 Å². The van der Waals surface area contributed by atoms with Crippen molar-refractivity contribution < 1.29 is 9.84 Å². The summed E-state index contributed by atoms with van der Waals surface area (Å²) in [7, 11) is 1.54. The zero-order chi connectivity index (χ0) is 19.6. The number of aromatic amines is 1. The third kappa shape index (κ3) is 4.02. The molecule has 0 saturated heterocycles. The predicted molar refractivity (Wildman–Crippen MR) is 103 cm³/mol. The second-order valence-corrected chi connectivity index (χ2v) is 6.91. The Bertz CT molecular complexity index is 999. The molecule has 0 fully saturated rings. The molecule has 3 N–H and O–H groups in total. The Labute approximate surface area is 164 Å². The molecule has 1 aliphatic rings. The molecule has 1 aliphatic heterocycles. The topological polar surface area (TPSA) is 109 Å². The summed E-state index contributed by atoms with van der Waals surface area (Å²) in [6.45, 7) is 0.620. The number of methoxy groups -OCH3 is 1. The lowest BCUT2D eigenvalue weighted by molar-refractivity contribution is 0.188. The minimum absolute atomic E-state index is 0.0351. The number of benzene rings is 1. The molecule has 0 bridgehead atoms. The summed E-state index contributed by atoms with van der Waals surface area (Å²) in [5, 5.41) is 15.7. The number of hydrogen-bond acceptors (Lipinski definition) is 6. The van der Waals surface area contributed by atoms with E-state index in [-0.39, 0.29) is 18.2 Å². The Hall–Kier alpha value is -2.29. The second-order valence-electron chi connectivity index (χ2n) is 6.07. The van der Waals surface area contributed by atoms with Gasteiger partial charge in [0.1, 0.15) is 5.56 Å². The number of ether oxygens (including phenoxy) is 1. The molecule has 1 aromatic carbocycles. The molecule has 0 spiro atoms. The largest absolute Gasteiger partial charge is 0.494 e. The van der Waals surface area contributed by atoms with Crippen LogP contribution in [0, 0.1) is 0 Å². The van der Waals surface area contributed by atoms with Gasteiger partial charge in [-0.1, -0.05) is 29.3 Å². The van der Waals surface area contributed by atoms with Gasteiger partial charge < -0.3 is 15.3 Å². The monoisotopic (exact) mass is 412 g/mol.